The van der Waals surface area contributed by atoms with Crippen LogP contribution in [0.4, 0.5) is 0 Å². The van der Waals surface area contributed by atoms with E-state index in [9.17, 15) is 4.79 Å². The lowest BCUT2D eigenvalue weighted by molar-refractivity contribution is -0.125. The minimum atomic E-state index is -0.308. The van der Waals surface area contributed by atoms with Crippen LogP contribution in [0.15, 0.2) is 24.4 Å². The number of nitrogens with zero attached hydrogens (tertiary/aromatic N) is 1. The molecule has 0 aliphatic rings. The standard InChI is InChI=1S/C11H14BrNO/c1-11(2,8-12)10(14)7-9-5-3-4-6-13-9/h3-6H,7-8H2,1-2H3. The average molecular weight is 256 g/mol. The largest absolute Gasteiger partial charge is 0.299 e. The van der Waals surface area contributed by atoms with Crippen molar-refractivity contribution in [3.63, 3.8) is 0 Å². The lowest BCUT2D eigenvalue weighted by atomic mass is 9.88. The molecule has 1 heterocycles. The van der Waals surface area contributed by atoms with Gasteiger partial charge in [0.1, 0.15) is 5.78 Å². The van der Waals surface area contributed by atoms with Gasteiger partial charge in [-0.15, -0.1) is 0 Å². The number of carbonyl (C=O) groups excluding carboxylic acids is 1. The maximum atomic E-state index is 11.8. The second-order valence-corrected chi connectivity index (χ2v) is 4.50. The molecule has 0 aliphatic carbocycles. The predicted molar refractivity (Wildman–Crippen MR) is 60.5 cm³/mol. The Morgan fingerprint density at radius 2 is 2.21 bits per heavy atom. The predicted octanol–water partition coefficient (Wildman–Crippen LogP) is 2.61. The van der Waals surface area contributed by atoms with Crippen LogP contribution in [0.25, 0.3) is 0 Å². The lowest BCUT2D eigenvalue weighted by Crippen LogP contribution is -2.27. The van der Waals surface area contributed by atoms with Crippen molar-refractivity contribution in [3.8, 4) is 0 Å². The Morgan fingerprint density at radius 1 is 1.50 bits per heavy atom. The molecule has 14 heavy (non-hydrogen) atoms. The molecule has 0 amide bonds. The van der Waals surface area contributed by atoms with Crippen molar-refractivity contribution in [1.29, 1.82) is 0 Å². The quantitative estimate of drug-likeness (QED) is 0.775. The second kappa shape index (κ2) is 4.69. The summed E-state index contributed by atoms with van der Waals surface area (Å²) in [5.41, 5.74) is 0.531. The molecule has 0 aliphatic heterocycles. The van der Waals surface area contributed by atoms with Crippen molar-refractivity contribution >= 4 is 21.7 Å². The van der Waals surface area contributed by atoms with Gasteiger partial charge in [-0.05, 0) is 12.1 Å². The van der Waals surface area contributed by atoms with Crippen molar-refractivity contribution in [3.05, 3.63) is 30.1 Å². The highest BCUT2D eigenvalue weighted by molar-refractivity contribution is 9.09. The third-order valence-electron chi connectivity index (χ3n) is 2.16. The molecule has 0 spiro atoms. The molecular formula is C11H14BrNO. The summed E-state index contributed by atoms with van der Waals surface area (Å²) in [6.45, 7) is 3.88. The molecule has 0 saturated carbocycles. The van der Waals surface area contributed by atoms with Gasteiger partial charge in [0.15, 0.2) is 0 Å². The van der Waals surface area contributed by atoms with Crippen molar-refractivity contribution < 1.29 is 4.79 Å². The number of aromatic nitrogens is 1. The van der Waals surface area contributed by atoms with Crippen molar-refractivity contribution in [2.24, 2.45) is 5.41 Å². The van der Waals surface area contributed by atoms with Gasteiger partial charge in [-0.2, -0.15) is 0 Å². The third kappa shape index (κ3) is 2.91. The molecule has 0 N–H and O–H groups in total. The summed E-state index contributed by atoms with van der Waals surface area (Å²) < 4.78 is 0. The molecule has 3 heteroatoms. The Kier molecular flexibility index (Phi) is 3.81. The topological polar surface area (TPSA) is 30.0 Å². The highest BCUT2D eigenvalue weighted by Crippen LogP contribution is 2.21. The van der Waals surface area contributed by atoms with E-state index in [1.165, 1.54) is 0 Å². The number of rotatable bonds is 4. The van der Waals surface area contributed by atoms with E-state index in [4.69, 9.17) is 0 Å². The molecule has 0 saturated heterocycles. The van der Waals surface area contributed by atoms with Gasteiger partial charge in [0.05, 0.1) is 0 Å². The van der Waals surface area contributed by atoms with E-state index in [2.05, 4.69) is 20.9 Å². The molecular weight excluding hydrogens is 242 g/mol. The van der Waals surface area contributed by atoms with Crippen molar-refractivity contribution in [1.82, 2.24) is 4.98 Å². The molecule has 0 aromatic carbocycles. The molecule has 0 fully saturated rings. The first-order valence-corrected chi connectivity index (χ1v) is 5.67. The molecule has 1 aromatic rings. The maximum absolute atomic E-state index is 11.8. The summed E-state index contributed by atoms with van der Waals surface area (Å²) >= 11 is 3.34. The summed E-state index contributed by atoms with van der Waals surface area (Å²) in [7, 11) is 0. The van der Waals surface area contributed by atoms with Crippen molar-refractivity contribution in [2.45, 2.75) is 20.3 Å². The minimum absolute atomic E-state index is 0.216. The summed E-state index contributed by atoms with van der Waals surface area (Å²) in [5, 5.41) is 0.686. The Labute approximate surface area is 92.9 Å². The molecule has 0 unspecified atom stereocenters. The van der Waals surface area contributed by atoms with Gasteiger partial charge in [-0.3, -0.25) is 9.78 Å². The number of Topliss-reactive ketones (excluding diaryl/α,β-unsaturated/α-hetero) is 1. The van der Waals surface area contributed by atoms with Crippen LogP contribution in [0.1, 0.15) is 19.5 Å². The Balaban J connectivity index is 2.67. The number of hydrogen-bond acceptors (Lipinski definition) is 2. The molecule has 0 atom stereocenters. The summed E-state index contributed by atoms with van der Waals surface area (Å²) in [6, 6.07) is 5.63. The Morgan fingerprint density at radius 3 is 2.71 bits per heavy atom. The van der Waals surface area contributed by atoms with E-state index < -0.39 is 0 Å². The zero-order valence-electron chi connectivity index (χ0n) is 8.46. The maximum Gasteiger partial charge on any atom is 0.145 e. The van der Waals surface area contributed by atoms with Crippen molar-refractivity contribution in [2.75, 3.05) is 5.33 Å². The SMILES string of the molecule is CC(C)(CBr)C(=O)Cc1ccccn1. The second-order valence-electron chi connectivity index (χ2n) is 3.94. The Hall–Kier alpha value is -0.700. The highest BCUT2D eigenvalue weighted by atomic mass is 79.9. The van der Waals surface area contributed by atoms with E-state index in [1.54, 1.807) is 6.20 Å². The smallest absolute Gasteiger partial charge is 0.145 e. The molecule has 1 aromatic heterocycles. The number of carbonyl (C=O) groups is 1. The van der Waals surface area contributed by atoms with Gasteiger partial charge in [-0.25, -0.2) is 0 Å². The molecule has 1 rings (SSSR count). The number of halogens is 1. The minimum Gasteiger partial charge on any atom is -0.299 e. The first-order chi connectivity index (χ1) is 6.56. The first kappa shape index (κ1) is 11.4. The molecule has 2 nitrogen and oxygen atoms in total. The van der Waals surface area contributed by atoms with Crippen LogP contribution in [0, 0.1) is 5.41 Å². The van der Waals surface area contributed by atoms with E-state index in [1.807, 2.05) is 32.0 Å². The van der Waals surface area contributed by atoms with Gasteiger partial charge in [-0.1, -0.05) is 35.8 Å². The third-order valence-corrected chi connectivity index (χ3v) is 3.56. The summed E-state index contributed by atoms with van der Waals surface area (Å²) in [5.74, 6) is 0.216. The van der Waals surface area contributed by atoms with Crippen LogP contribution >= 0.6 is 15.9 Å². The first-order valence-electron chi connectivity index (χ1n) is 4.55. The fourth-order valence-electron chi connectivity index (χ4n) is 0.981. The molecule has 0 bridgehead atoms. The highest BCUT2D eigenvalue weighted by Gasteiger charge is 2.25. The van der Waals surface area contributed by atoms with Gasteiger partial charge < -0.3 is 0 Å². The van der Waals surface area contributed by atoms with E-state index in [0.717, 1.165) is 5.69 Å². The normalized spacial score (nSPS) is 11.4. The van der Waals surface area contributed by atoms with Gasteiger partial charge in [0, 0.05) is 29.1 Å². The zero-order valence-corrected chi connectivity index (χ0v) is 10.0. The van der Waals surface area contributed by atoms with E-state index >= 15 is 0 Å². The fraction of sp³-hybridized carbons (Fsp3) is 0.455. The monoisotopic (exact) mass is 255 g/mol. The summed E-state index contributed by atoms with van der Waals surface area (Å²) in [4.78, 5) is 15.9. The van der Waals surface area contributed by atoms with Crippen LogP contribution in [0.3, 0.4) is 0 Å². The van der Waals surface area contributed by atoms with Gasteiger partial charge in [0.2, 0.25) is 0 Å². The zero-order chi connectivity index (χ0) is 10.6. The number of pyridine rings is 1. The molecule has 76 valence electrons. The molecule has 0 radical (unpaired) electrons. The van der Waals surface area contributed by atoms with Crippen LogP contribution in [-0.4, -0.2) is 16.1 Å². The number of alkyl halides is 1. The van der Waals surface area contributed by atoms with E-state index in [-0.39, 0.29) is 11.2 Å². The van der Waals surface area contributed by atoms with Gasteiger partial charge >= 0.3 is 0 Å². The number of hydrogen-bond donors (Lipinski definition) is 0. The lowest BCUT2D eigenvalue weighted by Gasteiger charge is -2.19. The van der Waals surface area contributed by atoms with Gasteiger partial charge in [0.25, 0.3) is 0 Å². The summed E-state index contributed by atoms with van der Waals surface area (Å²) in [6.07, 6.45) is 2.13. The Bertz CT molecular complexity index is 308. The van der Waals surface area contributed by atoms with Crippen LogP contribution < -0.4 is 0 Å². The van der Waals surface area contributed by atoms with E-state index in [0.29, 0.717) is 11.8 Å². The van der Waals surface area contributed by atoms with Crippen LogP contribution in [-0.2, 0) is 11.2 Å². The van der Waals surface area contributed by atoms with Crippen LogP contribution in [0.5, 0.6) is 0 Å². The van der Waals surface area contributed by atoms with Crippen LogP contribution in [0.2, 0.25) is 0 Å². The average Bonchev–Trinajstić information content (AvgIpc) is 2.19. The fourth-order valence-corrected chi connectivity index (χ4v) is 1.29. The number of ketones is 1.